The summed E-state index contributed by atoms with van der Waals surface area (Å²) >= 11 is 0.776. The highest BCUT2D eigenvalue weighted by atomic mass is 32.2. The summed E-state index contributed by atoms with van der Waals surface area (Å²) in [6.07, 6.45) is 1.26. The van der Waals surface area contributed by atoms with E-state index in [1.165, 1.54) is 18.2 Å². The highest BCUT2D eigenvalue weighted by molar-refractivity contribution is 8.18. The number of carboxylic acids is 1. The van der Waals surface area contributed by atoms with Crippen LogP contribution >= 0.6 is 11.8 Å². The number of benzene rings is 1. The van der Waals surface area contributed by atoms with Gasteiger partial charge in [-0.25, -0.2) is 0 Å². The van der Waals surface area contributed by atoms with E-state index in [2.05, 4.69) is 0 Å². The number of nitrogens with zero attached hydrogens (tertiary/aromatic N) is 1. The number of imide groups is 1. The molecule has 1 heterocycles. The third-order valence-corrected chi connectivity index (χ3v) is 3.52. The molecule has 0 atom stereocenters. The number of thioether (sulfide) groups is 1. The Morgan fingerprint density at radius 1 is 1.25 bits per heavy atom. The molecule has 1 aliphatic heterocycles. The second kappa shape index (κ2) is 5.79. The first-order valence-electron chi connectivity index (χ1n) is 5.73. The molecule has 2 amide bonds. The van der Waals surface area contributed by atoms with E-state index in [9.17, 15) is 14.4 Å². The molecular weight excluding hydrogens is 282 g/mol. The maximum absolute atomic E-state index is 12.0. The lowest BCUT2D eigenvalue weighted by Gasteiger charge is -2.09. The van der Waals surface area contributed by atoms with Crippen LogP contribution in [0.3, 0.4) is 0 Å². The summed E-state index contributed by atoms with van der Waals surface area (Å²) in [6, 6.07) is 6.17. The Morgan fingerprint density at radius 3 is 2.50 bits per heavy atom. The first-order valence-corrected chi connectivity index (χ1v) is 6.55. The minimum atomic E-state index is -1.06. The quantitative estimate of drug-likeness (QED) is 0.823. The maximum Gasteiger partial charge on any atom is 0.305 e. The van der Waals surface area contributed by atoms with Gasteiger partial charge >= 0.3 is 5.97 Å². The number of carboxylic acid groups (broad SMARTS) is 1. The molecule has 1 fully saturated rings. The largest absolute Gasteiger partial charge is 0.508 e. The van der Waals surface area contributed by atoms with Crippen molar-refractivity contribution >= 4 is 35.0 Å². The van der Waals surface area contributed by atoms with E-state index in [-0.39, 0.29) is 23.6 Å². The summed E-state index contributed by atoms with van der Waals surface area (Å²) in [4.78, 5) is 35.3. The van der Waals surface area contributed by atoms with Crippen LogP contribution in [0, 0.1) is 0 Å². The number of hydrogen-bond donors (Lipinski definition) is 2. The van der Waals surface area contributed by atoms with E-state index in [1.807, 2.05) is 0 Å². The average molecular weight is 293 g/mol. The second-order valence-corrected chi connectivity index (χ2v) is 5.06. The van der Waals surface area contributed by atoms with Crippen molar-refractivity contribution < 1.29 is 24.6 Å². The Kier molecular flexibility index (Phi) is 4.09. The number of rotatable bonds is 4. The molecule has 104 valence electrons. The first kappa shape index (κ1) is 14.1. The molecule has 1 aliphatic rings. The highest BCUT2D eigenvalue weighted by Crippen LogP contribution is 2.32. The van der Waals surface area contributed by atoms with Crippen LogP contribution in [0.5, 0.6) is 5.75 Å². The van der Waals surface area contributed by atoms with Gasteiger partial charge in [0.15, 0.2) is 0 Å². The van der Waals surface area contributed by atoms with Crippen molar-refractivity contribution in [1.82, 2.24) is 4.90 Å². The summed E-state index contributed by atoms with van der Waals surface area (Å²) in [7, 11) is 0. The summed E-state index contributed by atoms with van der Waals surface area (Å²) in [5.41, 5.74) is 0.673. The molecule has 0 aliphatic carbocycles. The zero-order valence-corrected chi connectivity index (χ0v) is 11.1. The monoisotopic (exact) mass is 293 g/mol. The van der Waals surface area contributed by atoms with Crippen molar-refractivity contribution in [1.29, 1.82) is 0 Å². The number of amides is 2. The zero-order chi connectivity index (χ0) is 14.7. The number of aliphatic carboxylic acids is 1. The smallest absolute Gasteiger partial charge is 0.305 e. The van der Waals surface area contributed by atoms with Crippen LogP contribution < -0.4 is 0 Å². The molecule has 20 heavy (non-hydrogen) atoms. The molecule has 1 saturated heterocycles. The van der Waals surface area contributed by atoms with E-state index >= 15 is 0 Å². The molecule has 7 heteroatoms. The molecule has 1 aromatic carbocycles. The number of carbonyl (C=O) groups is 3. The van der Waals surface area contributed by atoms with Gasteiger partial charge in [-0.2, -0.15) is 0 Å². The number of carbonyl (C=O) groups excluding carboxylic acids is 2. The average Bonchev–Trinajstić information content (AvgIpc) is 2.65. The van der Waals surface area contributed by atoms with E-state index in [1.54, 1.807) is 12.1 Å². The second-order valence-electron chi connectivity index (χ2n) is 4.07. The molecule has 0 saturated carbocycles. The topological polar surface area (TPSA) is 94.9 Å². The van der Waals surface area contributed by atoms with Crippen molar-refractivity contribution in [3.05, 3.63) is 34.7 Å². The lowest BCUT2D eigenvalue weighted by atomic mass is 10.2. The summed E-state index contributed by atoms with van der Waals surface area (Å²) in [6.45, 7) is -0.132. The van der Waals surface area contributed by atoms with Gasteiger partial charge in [0.25, 0.3) is 11.1 Å². The van der Waals surface area contributed by atoms with Crippen LogP contribution in [0.15, 0.2) is 29.2 Å². The number of phenols is 1. The molecule has 0 aromatic heterocycles. The van der Waals surface area contributed by atoms with Crippen molar-refractivity contribution in [3.63, 3.8) is 0 Å². The SMILES string of the molecule is O=C(O)CCN1C(=O)S/C(=C\c2ccc(O)cc2)C1=O. The van der Waals surface area contributed by atoms with Crippen molar-refractivity contribution in [2.45, 2.75) is 6.42 Å². The van der Waals surface area contributed by atoms with E-state index in [0.29, 0.717) is 5.56 Å². The molecule has 0 spiro atoms. The first-order chi connectivity index (χ1) is 9.47. The van der Waals surface area contributed by atoms with E-state index < -0.39 is 17.1 Å². The molecule has 2 N–H and O–H groups in total. The lowest BCUT2D eigenvalue weighted by Crippen LogP contribution is -2.30. The normalized spacial score (nSPS) is 17.0. The van der Waals surface area contributed by atoms with Crippen LogP contribution in [-0.2, 0) is 9.59 Å². The highest BCUT2D eigenvalue weighted by Gasteiger charge is 2.34. The van der Waals surface area contributed by atoms with Crippen molar-refractivity contribution in [3.8, 4) is 5.75 Å². The molecule has 2 rings (SSSR count). The number of phenolic OH excluding ortho intramolecular Hbond substituents is 1. The van der Waals surface area contributed by atoms with Crippen molar-refractivity contribution in [2.75, 3.05) is 6.54 Å². The fourth-order valence-electron chi connectivity index (χ4n) is 1.62. The predicted molar refractivity (Wildman–Crippen MR) is 73.0 cm³/mol. The standard InChI is InChI=1S/C13H11NO5S/c15-9-3-1-8(2-4-9)7-10-12(18)14(13(19)20-10)6-5-11(16)17/h1-4,7,15H,5-6H2,(H,16,17)/b10-7-. The van der Waals surface area contributed by atoms with Gasteiger partial charge in [-0.05, 0) is 35.5 Å². The fourth-order valence-corrected chi connectivity index (χ4v) is 2.49. The molecular formula is C13H11NO5S. The summed E-state index contributed by atoms with van der Waals surface area (Å²) in [5.74, 6) is -1.45. The summed E-state index contributed by atoms with van der Waals surface area (Å²) in [5, 5.41) is 17.3. The number of aromatic hydroxyl groups is 1. The van der Waals surface area contributed by atoms with Gasteiger partial charge in [0, 0.05) is 6.54 Å². The zero-order valence-electron chi connectivity index (χ0n) is 10.3. The Balaban J connectivity index is 2.14. The Morgan fingerprint density at radius 2 is 1.90 bits per heavy atom. The fraction of sp³-hybridized carbons (Fsp3) is 0.154. The third kappa shape index (κ3) is 3.18. The lowest BCUT2D eigenvalue weighted by molar-refractivity contribution is -0.137. The van der Waals surface area contributed by atoms with E-state index in [0.717, 1.165) is 16.7 Å². The maximum atomic E-state index is 12.0. The Bertz CT molecular complexity index is 593. The Labute approximate surface area is 118 Å². The number of hydrogen-bond acceptors (Lipinski definition) is 5. The summed E-state index contributed by atoms with van der Waals surface area (Å²) < 4.78 is 0. The van der Waals surface area contributed by atoms with Gasteiger partial charge in [-0.1, -0.05) is 12.1 Å². The molecule has 6 nitrogen and oxygen atoms in total. The van der Waals surface area contributed by atoms with E-state index in [4.69, 9.17) is 10.2 Å². The van der Waals surface area contributed by atoms with Gasteiger partial charge in [0.2, 0.25) is 0 Å². The molecule has 0 radical (unpaired) electrons. The minimum absolute atomic E-state index is 0.108. The molecule has 1 aromatic rings. The van der Waals surface area contributed by atoms with Crippen LogP contribution in [0.25, 0.3) is 6.08 Å². The van der Waals surface area contributed by atoms with Gasteiger partial charge in [-0.3, -0.25) is 19.3 Å². The van der Waals surface area contributed by atoms with Crippen LogP contribution in [0.4, 0.5) is 4.79 Å². The van der Waals surface area contributed by atoms with Crippen molar-refractivity contribution in [2.24, 2.45) is 0 Å². The molecule has 0 unspecified atom stereocenters. The van der Waals surface area contributed by atoms with Crippen LogP contribution in [0.2, 0.25) is 0 Å². The minimum Gasteiger partial charge on any atom is -0.508 e. The van der Waals surface area contributed by atoms with Crippen LogP contribution in [-0.4, -0.2) is 38.8 Å². The van der Waals surface area contributed by atoms with Gasteiger partial charge in [-0.15, -0.1) is 0 Å². The Hall–Kier alpha value is -2.28. The van der Waals surface area contributed by atoms with Crippen LogP contribution in [0.1, 0.15) is 12.0 Å². The van der Waals surface area contributed by atoms with Gasteiger partial charge in [0.1, 0.15) is 5.75 Å². The van der Waals surface area contributed by atoms with Gasteiger partial charge < -0.3 is 10.2 Å². The van der Waals surface area contributed by atoms with Gasteiger partial charge in [0.05, 0.1) is 11.3 Å². The third-order valence-electron chi connectivity index (χ3n) is 2.61. The predicted octanol–water partition coefficient (Wildman–Crippen LogP) is 1.90. The molecule has 0 bridgehead atoms.